The van der Waals surface area contributed by atoms with E-state index in [-0.39, 0.29) is 17.2 Å². The van der Waals surface area contributed by atoms with Crippen molar-refractivity contribution >= 4 is 22.6 Å². The average Bonchev–Trinajstić information content (AvgIpc) is 3.20. The van der Waals surface area contributed by atoms with Crippen molar-refractivity contribution in [1.29, 1.82) is 0 Å². The lowest BCUT2D eigenvalue weighted by Crippen LogP contribution is -2.24. The van der Waals surface area contributed by atoms with Crippen LogP contribution >= 0.6 is 0 Å². The Balaban J connectivity index is 1.59. The first kappa shape index (κ1) is 20.6. The maximum atomic E-state index is 13.4. The number of nitrogens with zero attached hydrogens (tertiary/aromatic N) is 4. The van der Waals surface area contributed by atoms with E-state index in [1.807, 2.05) is 31.2 Å². The van der Waals surface area contributed by atoms with Crippen LogP contribution in [0.15, 0.2) is 71.5 Å². The van der Waals surface area contributed by atoms with E-state index >= 15 is 0 Å². The van der Waals surface area contributed by atoms with Crippen molar-refractivity contribution in [2.24, 2.45) is 0 Å². The second kappa shape index (κ2) is 7.98. The maximum absolute atomic E-state index is 13.4. The SMILES string of the molecule is Cc1ccc(CNC(=O)c2ccc3c(=O)n(-c4ccc(F)cc4)c4nnc(C)n4c3c2)cc1. The number of nitrogens with one attached hydrogen (secondary N) is 1. The molecule has 7 nitrogen and oxygen atoms in total. The molecule has 0 saturated heterocycles. The zero-order chi connectivity index (χ0) is 23.1. The summed E-state index contributed by atoms with van der Waals surface area (Å²) in [6.07, 6.45) is 0. The first-order chi connectivity index (χ1) is 15.9. The van der Waals surface area contributed by atoms with Gasteiger partial charge >= 0.3 is 0 Å². The van der Waals surface area contributed by atoms with E-state index in [2.05, 4.69) is 15.5 Å². The molecule has 164 valence electrons. The van der Waals surface area contributed by atoms with Crippen LogP contribution in [0.1, 0.15) is 27.3 Å². The highest BCUT2D eigenvalue weighted by molar-refractivity contribution is 5.98. The summed E-state index contributed by atoms with van der Waals surface area (Å²) in [5, 5.41) is 11.6. The fraction of sp³-hybridized carbons (Fsp3) is 0.120. The Labute approximate surface area is 188 Å². The minimum absolute atomic E-state index is 0.251. The summed E-state index contributed by atoms with van der Waals surface area (Å²) in [7, 11) is 0. The van der Waals surface area contributed by atoms with Crippen LogP contribution in [0.4, 0.5) is 4.39 Å². The third-order valence-corrected chi connectivity index (χ3v) is 5.60. The summed E-state index contributed by atoms with van der Waals surface area (Å²) in [6, 6.07) is 18.4. The third-order valence-electron chi connectivity index (χ3n) is 5.60. The zero-order valence-electron chi connectivity index (χ0n) is 18.0. The number of carbonyl (C=O) groups is 1. The summed E-state index contributed by atoms with van der Waals surface area (Å²) in [5.74, 6) is 0.193. The maximum Gasteiger partial charge on any atom is 0.267 e. The number of benzene rings is 3. The fourth-order valence-corrected chi connectivity index (χ4v) is 3.84. The largest absolute Gasteiger partial charge is 0.348 e. The molecule has 0 saturated carbocycles. The number of halogens is 1. The molecule has 0 aliphatic rings. The van der Waals surface area contributed by atoms with Crippen LogP contribution in [0.2, 0.25) is 0 Å². The predicted octanol–water partition coefficient (Wildman–Crippen LogP) is 3.72. The summed E-state index contributed by atoms with van der Waals surface area (Å²) in [4.78, 5) is 26.2. The highest BCUT2D eigenvalue weighted by Gasteiger charge is 2.18. The molecule has 0 unspecified atom stereocenters. The van der Waals surface area contributed by atoms with Gasteiger partial charge in [0.05, 0.1) is 16.6 Å². The van der Waals surface area contributed by atoms with Crippen LogP contribution in [0.25, 0.3) is 22.4 Å². The molecule has 2 aromatic heterocycles. The molecule has 2 heterocycles. The van der Waals surface area contributed by atoms with E-state index in [9.17, 15) is 14.0 Å². The second-order valence-electron chi connectivity index (χ2n) is 7.90. The zero-order valence-corrected chi connectivity index (χ0v) is 18.0. The van der Waals surface area contributed by atoms with Crippen molar-refractivity contribution in [3.05, 3.63) is 105 Å². The van der Waals surface area contributed by atoms with Crippen LogP contribution < -0.4 is 10.9 Å². The Hall–Kier alpha value is -4.33. The van der Waals surface area contributed by atoms with Gasteiger partial charge in [0.1, 0.15) is 11.6 Å². The van der Waals surface area contributed by atoms with Gasteiger partial charge in [0, 0.05) is 12.1 Å². The van der Waals surface area contributed by atoms with Gasteiger partial charge in [-0.15, -0.1) is 10.2 Å². The first-order valence-electron chi connectivity index (χ1n) is 10.4. The number of amides is 1. The number of hydrogen-bond acceptors (Lipinski definition) is 4. The molecule has 5 aromatic rings. The van der Waals surface area contributed by atoms with E-state index < -0.39 is 5.82 Å². The number of carbonyl (C=O) groups excluding carboxylic acids is 1. The predicted molar refractivity (Wildman–Crippen MR) is 123 cm³/mol. The molecule has 0 spiro atoms. The summed E-state index contributed by atoms with van der Waals surface area (Å²) in [5.41, 5.74) is 3.23. The Bertz CT molecular complexity index is 1570. The molecule has 0 aliphatic carbocycles. The molecule has 1 N–H and O–H groups in total. The van der Waals surface area contributed by atoms with Gasteiger partial charge in [0.15, 0.2) is 0 Å². The Kier molecular flexibility index (Phi) is 4.97. The van der Waals surface area contributed by atoms with Gasteiger partial charge in [0.2, 0.25) is 5.78 Å². The van der Waals surface area contributed by atoms with Gasteiger partial charge in [0.25, 0.3) is 11.5 Å². The Morgan fingerprint density at radius 1 is 0.970 bits per heavy atom. The molecular formula is C25H20FN5O2. The minimum atomic E-state index is -0.400. The molecule has 1 amide bonds. The van der Waals surface area contributed by atoms with Gasteiger partial charge in [-0.2, -0.15) is 0 Å². The molecule has 0 bridgehead atoms. The monoisotopic (exact) mass is 441 g/mol. The van der Waals surface area contributed by atoms with Crippen molar-refractivity contribution in [2.75, 3.05) is 0 Å². The molecule has 5 rings (SSSR count). The van der Waals surface area contributed by atoms with E-state index in [0.717, 1.165) is 11.1 Å². The van der Waals surface area contributed by atoms with Crippen LogP contribution in [-0.2, 0) is 6.54 Å². The summed E-state index contributed by atoms with van der Waals surface area (Å²) < 4.78 is 16.5. The van der Waals surface area contributed by atoms with Crippen molar-refractivity contribution in [3.8, 4) is 5.69 Å². The van der Waals surface area contributed by atoms with E-state index in [1.54, 1.807) is 29.5 Å². The van der Waals surface area contributed by atoms with Crippen LogP contribution in [0, 0.1) is 19.7 Å². The van der Waals surface area contributed by atoms with Crippen molar-refractivity contribution in [3.63, 3.8) is 0 Å². The highest BCUT2D eigenvalue weighted by atomic mass is 19.1. The third kappa shape index (κ3) is 3.65. The van der Waals surface area contributed by atoms with Crippen molar-refractivity contribution in [2.45, 2.75) is 20.4 Å². The molecule has 3 aromatic carbocycles. The molecule has 0 fully saturated rings. The fourth-order valence-electron chi connectivity index (χ4n) is 3.84. The average molecular weight is 441 g/mol. The molecule has 0 atom stereocenters. The lowest BCUT2D eigenvalue weighted by Gasteiger charge is -2.12. The van der Waals surface area contributed by atoms with E-state index in [0.29, 0.717) is 34.5 Å². The molecular weight excluding hydrogens is 421 g/mol. The van der Waals surface area contributed by atoms with Gasteiger partial charge < -0.3 is 5.32 Å². The minimum Gasteiger partial charge on any atom is -0.348 e. The quantitative estimate of drug-likeness (QED) is 0.461. The van der Waals surface area contributed by atoms with Gasteiger partial charge in [-0.25, -0.2) is 8.96 Å². The number of aryl methyl sites for hydroxylation is 2. The second-order valence-corrected chi connectivity index (χ2v) is 7.90. The number of fused-ring (bicyclic) bond motifs is 3. The lowest BCUT2D eigenvalue weighted by molar-refractivity contribution is 0.0951. The number of rotatable bonds is 4. The van der Waals surface area contributed by atoms with Gasteiger partial charge in [-0.05, 0) is 61.9 Å². The summed E-state index contributed by atoms with van der Waals surface area (Å²) >= 11 is 0. The molecule has 8 heteroatoms. The topological polar surface area (TPSA) is 81.3 Å². The highest BCUT2D eigenvalue weighted by Crippen LogP contribution is 2.19. The lowest BCUT2D eigenvalue weighted by atomic mass is 10.1. The Morgan fingerprint density at radius 2 is 1.70 bits per heavy atom. The van der Waals surface area contributed by atoms with E-state index in [1.165, 1.54) is 28.8 Å². The smallest absolute Gasteiger partial charge is 0.267 e. The Morgan fingerprint density at radius 3 is 2.42 bits per heavy atom. The van der Waals surface area contributed by atoms with Gasteiger partial charge in [-0.3, -0.25) is 14.0 Å². The molecule has 0 radical (unpaired) electrons. The number of hydrogen-bond donors (Lipinski definition) is 1. The molecule has 0 aliphatic heterocycles. The van der Waals surface area contributed by atoms with Crippen molar-refractivity contribution < 1.29 is 9.18 Å². The van der Waals surface area contributed by atoms with Crippen LogP contribution in [-0.4, -0.2) is 25.1 Å². The number of aromatic nitrogens is 4. The van der Waals surface area contributed by atoms with E-state index in [4.69, 9.17) is 0 Å². The standard InChI is InChI=1S/C25H20FN5O2/c1-15-3-5-17(6-4-15)14-27-23(32)18-7-12-21-22(13-18)30-16(2)28-29-25(30)31(24(21)33)20-10-8-19(26)9-11-20/h3-13H,14H2,1-2H3,(H,27,32). The van der Waals surface area contributed by atoms with Gasteiger partial charge in [-0.1, -0.05) is 29.8 Å². The van der Waals surface area contributed by atoms with Crippen LogP contribution in [0.5, 0.6) is 0 Å². The van der Waals surface area contributed by atoms with Crippen LogP contribution in [0.3, 0.4) is 0 Å². The summed E-state index contributed by atoms with van der Waals surface area (Å²) in [6.45, 7) is 4.17. The van der Waals surface area contributed by atoms with Crippen molar-refractivity contribution in [1.82, 2.24) is 24.5 Å². The normalized spacial score (nSPS) is 11.2. The molecule has 33 heavy (non-hydrogen) atoms. The first-order valence-corrected chi connectivity index (χ1v) is 10.4.